The van der Waals surface area contributed by atoms with E-state index in [2.05, 4.69) is 121 Å². The summed E-state index contributed by atoms with van der Waals surface area (Å²) < 4.78 is 11.2. The number of pyridine rings is 1. The maximum Gasteiger partial charge on any atom is 0.129 e. The molecule has 0 radical (unpaired) electrons. The van der Waals surface area contributed by atoms with Gasteiger partial charge >= 0.3 is 0 Å². The van der Waals surface area contributed by atoms with Crippen LogP contribution in [0.25, 0.3) is 22.0 Å². The molecule has 2 heterocycles. The first kappa shape index (κ1) is 30.2. The number of benzene rings is 3. The maximum atomic E-state index is 5.54. The van der Waals surface area contributed by atoms with Gasteiger partial charge < -0.3 is 15.2 Å². The third kappa shape index (κ3) is 9.10. The highest BCUT2D eigenvalue weighted by molar-refractivity contribution is 8.00. The molecule has 1 aliphatic heterocycles. The van der Waals surface area contributed by atoms with Gasteiger partial charge in [-0.05, 0) is 111 Å². The second kappa shape index (κ2) is 15.9. The summed E-state index contributed by atoms with van der Waals surface area (Å²) in [5.41, 5.74) is 11.6. The van der Waals surface area contributed by atoms with Gasteiger partial charge in [0.2, 0.25) is 0 Å². The molecule has 3 aromatic carbocycles. The minimum Gasteiger partial charge on any atom is -0.405 e. The van der Waals surface area contributed by atoms with E-state index in [9.17, 15) is 0 Å². The van der Waals surface area contributed by atoms with Crippen molar-refractivity contribution in [3.05, 3.63) is 109 Å². The van der Waals surface area contributed by atoms with E-state index in [0.29, 0.717) is 6.73 Å². The molecule has 204 valence electrons. The summed E-state index contributed by atoms with van der Waals surface area (Å²) in [6, 6.07) is 25.5. The smallest absolute Gasteiger partial charge is 0.129 e. The lowest BCUT2D eigenvalue weighted by Gasteiger charge is -2.27. The first-order chi connectivity index (χ1) is 19.0. The largest absolute Gasteiger partial charge is 0.405 e. The number of aryl methyl sites for hydroxylation is 1. The predicted octanol–water partition coefficient (Wildman–Crippen LogP) is 8.83. The Hall–Kier alpha value is -3.39. The highest BCUT2D eigenvalue weighted by Crippen LogP contribution is 2.33. The van der Waals surface area contributed by atoms with Crippen LogP contribution in [0.3, 0.4) is 0 Å². The van der Waals surface area contributed by atoms with Gasteiger partial charge in [-0.2, -0.15) is 0 Å². The Morgan fingerprint density at radius 2 is 1.82 bits per heavy atom. The quantitative estimate of drug-likeness (QED) is 0.187. The second-order valence-corrected chi connectivity index (χ2v) is 10.9. The Balaban J connectivity index is 0.000000466. The summed E-state index contributed by atoms with van der Waals surface area (Å²) in [6.45, 7) is 12.9. The minimum absolute atomic E-state index is 0.643. The molecule has 0 spiro atoms. The molecule has 5 nitrogen and oxygen atoms in total. The molecule has 0 unspecified atom stereocenters. The molecule has 1 aliphatic rings. The highest BCUT2D eigenvalue weighted by atomic mass is 32.2. The summed E-state index contributed by atoms with van der Waals surface area (Å²) in [5, 5.41) is 2.38. The molecular weight excluding hydrogens is 521 g/mol. The fraction of sp³-hybridized carbons (Fsp3) is 0.219. The Morgan fingerprint density at radius 3 is 2.49 bits per heavy atom. The molecule has 1 saturated heterocycles. The monoisotopic (exact) mass is 558 g/mol. The van der Waals surface area contributed by atoms with Crippen molar-refractivity contribution in [3.63, 3.8) is 0 Å². The van der Waals surface area contributed by atoms with Crippen molar-refractivity contribution in [1.82, 2.24) is 4.98 Å². The van der Waals surface area contributed by atoms with Crippen LogP contribution >= 0.6 is 23.9 Å². The van der Waals surface area contributed by atoms with Gasteiger partial charge in [0.1, 0.15) is 6.73 Å². The first-order valence-electron chi connectivity index (χ1n) is 12.8. The van der Waals surface area contributed by atoms with Crippen molar-refractivity contribution in [2.24, 2.45) is 5.73 Å². The lowest BCUT2D eigenvalue weighted by molar-refractivity contribution is 0.154. The molecular formula is C32H38N4OS2. The van der Waals surface area contributed by atoms with E-state index in [1.807, 2.05) is 25.1 Å². The Labute approximate surface area is 241 Å². The number of allylic oxidation sites excluding steroid dienone is 2. The van der Waals surface area contributed by atoms with E-state index in [4.69, 9.17) is 9.72 Å². The molecule has 39 heavy (non-hydrogen) atoms. The van der Waals surface area contributed by atoms with E-state index in [0.717, 1.165) is 34.2 Å². The number of rotatable bonds is 5. The van der Waals surface area contributed by atoms with Crippen molar-refractivity contribution in [2.45, 2.75) is 32.6 Å². The predicted molar refractivity (Wildman–Crippen MR) is 173 cm³/mol. The van der Waals surface area contributed by atoms with Crippen molar-refractivity contribution in [2.75, 3.05) is 28.1 Å². The van der Waals surface area contributed by atoms with E-state index >= 15 is 0 Å². The van der Waals surface area contributed by atoms with Gasteiger partial charge in [-0.3, -0.25) is 9.29 Å². The number of hydrogen-bond acceptors (Lipinski definition) is 7. The van der Waals surface area contributed by atoms with Crippen LogP contribution in [0.1, 0.15) is 26.3 Å². The molecule has 5 rings (SSSR count). The van der Waals surface area contributed by atoms with E-state index in [1.165, 1.54) is 33.8 Å². The average molecular weight is 559 g/mol. The van der Waals surface area contributed by atoms with Crippen LogP contribution in [-0.4, -0.2) is 24.1 Å². The topological polar surface area (TPSA) is 63.4 Å². The molecule has 3 N–H and O–H groups in total. The average Bonchev–Trinajstić information content (AvgIpc) is 2.98. The zero-order valence-corrected chi connectivity index (χ0v) is 24.8. The molecule has 1 aromatic heterocycles. The molecule has 0 bridgehead atoms. The van der Waals surface area contributed by atoms with Gasteiger partial charge in [0.15, 0.2) is 0 Å². The first-order valence-corrected chi connectivity index (χ1v) is 14.6. The van der Waals surface area contributed by atoms with E-state index < -0.39 is 0 Å². The number of hydrogen-bond donors (Lipinski definition) is 2. The fourth-order valence-corrected chi connectivity index (χ4v) is 5.08. The molecule has 0 atom stereocenters. The standard InChI is InChI=1S/C25H23N3OS2.C5H10.C2H5N/c1-18-6-7-20(16-24(18)25-23-5-3-2-4-19(23)12-13-26-25)27-31-22-10-8-21(9-11-22)28-17-29-14-15-30-28;1-4-5(2)3;1-2-3/h2-13,16,27H,14-15,17H2,1H3;4H,1-3H3;2H,1,3H2. The van der Waals surface area contributed by atoms with Gasteiger partial charge in [0.05, 0.1) is 12.3 Å². The second-order valence-electron chi connectivity index (χ2n) is 8.96. The van der Waals surface area contributed by atoms with E-state index in [1.54, 1.807) is 11.9 Å². The number of nitrogens with zero attached hydrogens (tertiary/aromatic N) is 2. The van der Waals surface area contributed by atoms with E-state index in [-0.39, 0.29) is 0 Å². The normalized spacial score (nSPS) is 12.4. The number of nitrogens with one attached hydrogen (secondary N) is 1. The van der Waals surface area contributed by atoms with Crippen molar-refractivity contribution in [3.8, 4) is 11.3 Å². The lowest BCUT2D eigenvalue weighted by Crippen LogP contribution is -2.25. The molecule has 0 saturated carbocycles. The third-order valence-corrected chi connectivity index (χ3v) is 7.66. The van der Waals surface area contributed by atoms with Gasteiger partial charge in [-0.1, -0.05) is 48.6 Å². The molecule has 4 aromatic rings. The van der Waals surface area contributed by atoms with Crippen LogP contribution in [0.4, 0.5) is 11.4 Å². The van der Waals surface area contributed by atoms with Crippen LogP contribution in [0.15, 0.2) is 108 Å². The lowest BCUT2D eigenvalue weighted by atomic mass is 10.00. The van der Waals surface area contributed by atoms with Gasteiger partial charge in [-0.25, -0.2) is 0 Å². The van der Waals surface area contributed by atoms with Crippen LogP contribution in [-0.2, 0) is 4.74 Å². The number of nitrogens with two attached hydrogens (primary N) is 1. The Morgan fingerprint density at radius 1 is 1.10 bits per heavy atom. The number of aromatic nitrogens is 1. The van der Waals surface area contributed by atoms with Crippen LogP contribution < -0.4 is 14.8 Å². The van der Waals surface area contributed by atoms with Gasteiger partial charge in [-0.15, -0.1) is 0 Å². The third-order valence-electron chi connectivity index (χ3n) is 5.84. The summed E-state index contributed by atoms with van der Waals surface area (Å²) >= 11 is 3.43. The molecule has 0 amide bonds. The zero-order chi connectivity index (χ0) is 28.0. The fourth-order valence-electron chi connectivity index (χ4n) is 3.61. The van der Waals surface area contributed by atoms with Gasteiger partial charge in [0, 0.05) is 39.2 Å². The van der Waals surface area contributed by atoms with Crippen molar-refractivity contribution >= 4 is 46.0 Å². The summed E-state index contributed by atoms with van der Waals surface area (Å²) in [5.74, 6) is 0.999. The summed E-state index contributed by atoms with van der Waals surface area (Å²) in [6.07, 6.45) is 5.22. The van der Waals surface area contributed by atoms with Crippen LogP contribution in [0.5, 0.6) is 0 Å². The SMILES string of the molecule is C=CN.CC=C(C)C.Cc1ccc(NSc2ccc(N3COCCS3)cc2)cc1-c1nccc2ccccc12. The number of fused-ring (bicyclic) bond motifs is 1. The minimum atomic E-state index is 0.643. The highest BCUT2D eigenvalue weighted by Gasteiger charge is 2.12. The number of ether oxygens (including phenoxy) is 1. The molecule has 7 heteroatoms. The summed E-state index contributed by atoms with van der Waals surface area (Å²) in [7, 11) is 0. The van der Waals surface area contributed by atoms with Crippen LogP contribution in [0, 0.1) is 6.92 Å². The zero-order valence-electron chi connectivity index (χ0n) is 23.2. The molecule has 0 aliphatic carbocycles. The van der Waals surface area contributed by atoms with Crippen LogP contribution in [0.2, 0.25) is 0 Å². The van der Waals surface area contributed by atoms with Gasteiger partial charge in [0.25, 0.3) is 0 Å². The Kier molecular flexibility index (Phi) is 12.3. The Bertz CT molecular complexity index is 1360. The molecule has 1 fully saturated rings. The van der Waals surface area contributed by atoms with Crippen molar-refractivity contribution in [1.29, 1.82) is 0 Å². The number of anilines is 2. The maximum absolute atomic E-state index is 5.54. The van der Waals surface area contributed by atoms with Crippen molar-refractivity contribution < 1.29 is 4.74 Å². The summed E-state index contributed by atoms with van der Waals surface area (Å²) in [4.78, 5) is 5.86.